The number of primary amides is 1. The molecule has 0 unspecified atom stereocenters. The molecule has 102 valence electrons. The van der Waals surface area contributed by atoms with E-state index < -0.39 is 29.8 Å². The summed E-state index contributed by atoms with van der Waals surface area (Å²) < 4.78 is 18.1. The Morgan fingerprint density at radius 3 is 2.63 bits per heavy atom. The Kier molecular flexibility index (Phi) is 4.99. The number of rotatable bonds is 3. The number of carbonyl (C=O) groups excluding carboxylic acids is 3. The van der Waals surface area contributed by atoms with E-state index in [1.54, 1.807) is 5.32 Å². The summed E-state index contributed by atoms with van der Waals surface area (Å²) in [5.74, 6) is -2.39. The first-order valence-corrected chi connectivity index (χ1v) is 5.87. The van der Waals surface area contributed by atoms with Crippen LogP contribution in [0.25, 0.3) is 0 Å². The van der Waals surface area contributed by atoms with E-state index in [0.29, 0.717) is 4.47 Å². The number of amides is 3. The zero-order chi connectivity index (χ0) is 14.6. The molecule has 0 heterocycles. The third-order valence-electron chi connectivity index (χ3n) is 2.05. The molecule has 6 nitrogen and oxygen atoms in total. The van der Waals surface area contributed by atoms with Crippen LogP contribution in [0, 0.1) is 5.82 Å². The molecule has 1 rings (SSSR count). The van der Waals surface area contributed by atoms with E-state index in [9.17, 15) is 18.8 Å². The Morgan fingerprint density at radius 2 is 2.05 bits per heavy atom. The fourth-order valence-electron chi connectivity index (χ4n) is 1.15. The van der Waals surface area contributed by atoms with Crippen LogP contribution < -0.4 is 11.1 Å². The molecule has 0 aromatic heterocycles. The quantitative estimate of drug-likeness (QED) is 0.815. The first-order valence-electron chi connectivity index (χ1n) is 5.07. The van der Waals surface area contributed by atoms with E-state index in [1.807, 2.05) is 0 Å². The Balaban J connectivity index is 2.77. The largest absolute Gasteiger partial charge is 0.449 e. The molecule has 0 radical (unpaired) electrons. The molecular weight excluding hydrogens is 323 g/mol. The molecule has 0 aliphatic carbocycles. The van der Waals surface area contributed by atoms with Gasteiger partial charge in [-0.15, -0.1) is 0 Å². The van der Waals surface area contributed by atoms with Crippen LogP contribution >= 0.6 is 15.9 Å². The van der Waals surface area contributed by atoms with Crippen molar-refractivity contribution in [2.75, 3.05) is 0 Å². The highest BCUT2D eigenvalue weighted by Gasteiger charge is 2.21. The maximum absolute atomic E-state index is 13.0. The maximum atomic E-state index is 13.0. The smallest absolute Gasteiger partial charge is 0.340 e. The molecule has 0 saturated carbocycles. The minimum absolute atomic E-state index is 0.0706. The van der Waals surface area contributed by atoms with Crippen molar-refractivity contribution in [2.45, 2.75) is 13.0 Å². The normalized spacial score (nSPS) is 11.5. The zero-order valence-corrected chi connectivity index (χ0v) is 11.4. The summed E-state index contributed by atoms with van der Waals surface area (Å²) in [5, 5.41) is 1.76. The summed E-state index contributed by atoms with van der Waals surface area (Å²) in [5.41, 5.74) is 4.68. The number of halogens is 2. The Hall–Kier alpha value is -1.96. The predicted molar refractivity (Wildman–Crippen MR) is 66.7 cm³/mol. The summed E-state index contributed by atoms with van der Waals surface area (Å²) in [6.07, 6.45) is -1.24. The minimum atomic E-state index is -1.24. The van der Waals surface area contributed by atoms with Crippen molar-refractivity contribution in [2.24, 2.45) is 5.73 Å². The highest BCUT2D eigenvalue weighted by Crippen LogP contribution is 2.19. The summed E-state index contributed by atoms with van der Waals surface area (Å²) in [6.45, 7) is 1.25. The van der Waals surface area contributed by atoms with Gasteiger partial charge in [-0.2, -0.15) is 0 Å². The van der Waals surface area contributed by atoms with Gasteiger partial charge in [0.15, 0.2) is 6.10 Å². The van der Waals surface area contributed by atoms with Gasteiger partial charge in [-0.1, -0.05) is 0 Å². The Morgan fingerprint density at radius 1 is 1.42 bits per heavy atom. The van der Waals surface area contributed by atoms with Gasteiger partial charge >= 0.3 is 12.0 Å². The van der Waals surface area contributed by atoms with E-state index >= 15 is 0 Å². The van der Waals surface area contributed by atoms with Gasteiger partial charge in [0.1, 0.15) is 5.82 Å². The lowest BCUT2D eigenvalue weighted by Crippen LogP contribution is -2.42. The molecule has 0 spiro atoms. The van der Waals surface area contributed by atoms with Gasteiger partial charge in [0.05, 0.1) is 5.56 Å². The monoisotopic (exact) mass is 332 g/mol. The molecule has 8 heteroatoms. The van der Waals surface area contributed by atoms with Crippen LogP contribution in [0.5, 0.6) is 0 Å². The number of nitrogens with one attached hydrogen (secondary N) is 1. The van der Waals surface area contributed by atoms with Crippen molar-refractivity contribution in [3.63, 3.8) is 0 Å². The van der Waals surface area contributed by atoms with Crippen LogP contribution in [0.2, 0.25) is 0 Å². The molecular formula is C11H10BrFN2O4. The number of carbonyl (C=O) groups is 3. The zero-order valence-electron chi connectivity index (χ0n) is 9.78. The molecule has 0 bridgehead atoms. The van der Waals surface area contributed by atoms with E-state index in [0.717, 1.165) is 12.1 Å². The average Bonchev–Trinajstić information content (AvgIpc) is 2.31. The molecule has 0 aliphatic rings. The molecule has 19 heavy (non-hydrogen) atoms. The minimum Gasteiger partial charge on any atom is -0.449 e. The highest BCUT2D eigenvalue weighted by atomic mass is 79.9. The Bertz CT molecular complexity index is 535. The highest BCUT2D eigenvalue weighted by molar-refractivity contribution is 9.10. The number of esters is 1. The van der Waals surface area contributed by atoms with Gasteiger partial charge in [-0.3, -0.25) is 10.1 Å². The number of imide groups is 1. The first kappa shape index (κ1) is 15.1. The molecule has 3 N–H and O–H groups in total. The van der Waals surface area contributed by atoms with E-state index in [4.69, 9.17) is 10.5 Å². The molecule has 3 amide bonds. The number of benzene rings is 1. The van der Waals surface area contributed by atoms with E-state index in [2.05, 4.69) is 15.9 Å². The van der Waals surface area contributed by atoms with Gasteiger partial charge < -0.3 is 10.5 Å². The van der Waals surface area contributed by atoms with Gasteiger partial charge in [-0.05, 0) is 41.1 Å². The predicted octanol–water partition coefficient (Wildman–Crippen LogP) is 1.33. The van der Waals surface area contributed by atoms with Gasteiger partial charge in [-0.25, -0.2) is 14.0 Å². The van der Waals surface area contributed by atoms with Crippen molar-refractivity contribution < 1.29 is 23.5 Å². The van der Waals surface area contributed by atoms with Crippen molar-refractivity contribution in [1.29, 1.82) is 0 Å². The molecule has 0 fully saturated rings. The number of hydrogen-bond acceptors (Lipinski definition) is 4. The maximum Gasteiger partial charge on any atom is 0.340 e. The fourth-order valence-corrected chi connectivity index (χ4v) is 1.56. The molecule has 1 aromatic carbocycles. The second kappa shape index (κ2) is 6.28. The van der Waals surface area contributed by atoms with Crippen LogP contribution in [-0.2, 0) is 9.53 Å². The lowest BCUT2D eigenvalue weighted by molar-refractivity contribution is -0.127. The van der Waals surface area contributed by atoms with Gasteiger partial charge in [0.25, 0.3) is 5.91 Å². The van der Waals surface area contributed by atoms with Gasteiger partial charge in [0.2, 0.25) is 0 Å². The summed E-state index contributed by atoms with van der Waals surface area (Å²) in [6, 6.07) is 2.40. The summed E-state index contributed by atoms with van der Waals surface area (Å²) in [7, 11) is 0. The van der Waals surface area contributed by atoms with Crippen LogP contribution in [0.3, 0.4) is 0 Å². The van der Waals surface area contributed by atoms with Crippen LogP contribution in [0.4, 0.5) is 9.18 Å². The third kappa shape index (κ3) is 4.32. The van der Waals surface area contributed by atoms with Crippen molar-refractivity contribution >= 4 is 33.8 Å². The lowest BCUT2D eigenvalue weighted by Gasteiger charge is -2.12. The van der Waals surface area contributed by atoms with Gasteiger partial charge in [0, 0.05) is 4.47 Å². The fraction of sp³-hybridized carbons (Fsp3) is 0.182. The summed E-state index contributed by atoms with van der Waals surface area (Å²) >= 11 is 3.06. The number of ether oxygens (including phenoxy) is 1. The second-order valence-electron chi connectivity index (χ2n) is 3.53. The first-order chi connectivity index (χ1) is 8.81. The number of nitrogens with two attached hydrogens (primary N) is 1. The van der Waals surface area contributed by atoms with Crippen LogP contribution in [0.15, 0.2) is 22.7 Å². The lowest BCUT2D eigenvalue weighted by atomic mass is 10.2. The second-order valence-corrected chi connectivity index (χ2v) is 4.38. The van der Waals surface area contributed by atoms with Crippen molar-refractivity contribution in [3.8, 4) is 0 Å². The van der Waals surface area contributed by atoms with Crippen molar-refractivity contribution in [3.05, 3.63) is 34.1 Å². The Labute approximate surface area is 116 Å². The number of hydrogen-bond donors (Lipinski definition) is 2. The van der Waals surface area contributed by atoms with Crippen LogP contribution in [-0.4, -0.2) is 24.0 Å². The molecule has 1 aromatic rings. The molecule has 0 aliphatic heterocycles. The number of urea groups is 1. The van der Waals surface area contributed by atoms with Crippen LogP contribution in [0.1, 0.15) is 17.3 Å². The summed E-state index contributed by atoms with van der Waals surface area (Å²) in [4.78, 5) is 33.5. The third-order valence-corrected chi connectivity index (χ3v) is 2.74. The standard InChI is InChI=1S/C11H10BrFN2O4/c1-5(9(16)15-11(14)18)19-10(17)7-4-6(13)2-3-8(7)12/h2-5H,1H3,(H3,14,15,16,18)/t5-/m1/s1. The van der Waals surface area contributed by atoms with Crippen molar-refractivity contribution in [1.82, 2.24) is 5.32 Å². The average molecular weight is 333 g/mol. The SMILES string of the molecule is C[C@@H](OC(=O)c1cc(F)ccc1Br)C(=O)NC(N)=O. The van der Waals surface area contributed by atoms with E-state index in [-0.39, 0.29) is 5.56 Å². The molecule has 0 saturated heterocycles. The topological polar surface area (TPSA) is 98.5 Å². The van der Waals surface area contributed by atoms with E-state index in [1.165, 1.54) is 13.0 Å². The molecule has 1 atom stereocenters.